The Hall–Kier alpha value is -1.84. The van der Waals surface area contributed by atoms with Gasteiger partial charge >= 0.3 is 5.97 Å². The molecule has 0 aromatic heterocycles. The van der Waals surface area contributed by atoms with Crippen molar-refractivity contribution in [3.8, 4) is 5.75 Å². The maximum atomic E-state index is 11.9. The molecule has 1 aromatic carbocycles. The molecule has 1 rings (SSSR count). The Balaban J connectivity index is 3.24. The number of carbonyl (C=O) groups excluding carboxylic acids is 2. The van der Waals surface area contributed by atoms with Crippen molar-refractivity contribution in [2.75, 3.05) is 13.7 Å². The highest BCUT2D eigenvalue weighted by Crippen LogP contribution is 2.31. The number of hydrogen-bond acceptors (Lipinski definition) is 4. The fourth-order valence-electron chi connectivity index (χ4n) is 1.95. The molecule has 4 heteroatoms. The summed E-state index contributed by atoms with van der Waals surface area (Å²) in [6, 6.07) is 3.36. The molecule has 0 bridgehead atoms. The minimum Gasteiger partial charge on any atom is -0.496 e. The van der Waals surface area contributed by atoms with Crippen molar-refractivity contribution in [1.29, 1.82) is 0 Å². The van der Waals surface area contributed by atoms with Crippen molar-refractivity contribution in [2.45, 2.75) is 33.6 Å². The van der Waals surface area contributed by atoms with Gasteiger partial charge in [0.15, 0.2) is 0 Å². The van der Waals surface area contributed by atoms with E-state index in [1.807, 2.05) is 20.8 Å². The molecule has 0 aliphatic carbocycles. The van der Waals surface area contributed by atoms with Crippen LogP contribution < -0.4 is 4.74 Å². The van der Waals surface area contributed by atoms with E-state index in [2.05, 4.69) is 0 Å². The van der Waals surface area contributed by atoms with E-state index in [0.29, 0.717) is 5.56 Å². The second-order valence-electron chi connectivity index (χ2n) is 4.62. The standard InChI is InChI=1S/C15H20O4/c1-6-19-15(17)13(16)11-7-10(4)14(18-5)12(8-11)9(2)3/h7-9H,6H2,1-5H3. The molecule has 0 radical (unpaired) electrons. The van der Waals surface area contributed by atoms with Gasteiger partial charge in [0, 0.05) is 5.56 Å². The van der Waals surface area contributed by atoms with Gasteiger partial charge in [-0.05, 0) is 43.0 Å². The molecule has 0 spiro atoms. The molecule has 0 aliphatic rings. The Labute approximate surface area is 113 Å². The van der Waals surface area contributed by atoms with Gasteiger partial charge in [0.05, 0.1) is 13.7 Å². The molecule has 0 unspecified atom stereocenters. The first kappa shape index (κ1) is 15.2. The topological polar surface area (TPSA) is 52.6 Å². The minimum atomic E-state index is -0.818. The zero-order chi connectivity index (χ0) is 14.6. The van der Waals surface area contributed by atoms with Gasteiger partial charge in [-0.25, -0.2) is 4.79 Å². The first-order valence-corrected chi connectivity index (χ1v) is 6.32. The zero-order valence-electron chi connectivity index (χ0n) is 12.1. The van der Waals surface area contributed by atoms with Crippen LogP contribution in [0.2, 0.25) is 0 Å². The third-order valence-electron chi connectivity index (χ3n) is 2.85. The predicted octanol–water partition coefficient (Wildman–Crippen LogP) is 2.87. The maximum absolute atomic E-state index is 11.9. The Morgan fingerprint density at radius 3 is 2.37 bits per heavy atom. The molecule has 0 atom stereocenters. The quantitative estimate of drug-likeness (QED) is 0.466. The van der Waals surface area contributed by atoms with Gasteiger partial charge in [-0.1, -0.05) is 13.8 Å². The fraction of sp³-hybridized carbons (Fsp3) is 0.467. The van der Waals surface area contributed by atoms with Crippen molar-refractivity contribution in [1.82, 2.24) is 0 Å². The second-order valence-corrected chi connectivity index (χ2v) is 4.62. The van der Waals surface area contributed by atoms with Crippen molar-refractivity contribution in [2.24, 2.45) is 0 Å². The summed E-state index contributed by atoms with van der Waals surface area (Å²) in [6.45, 7) is 7.74. The molecule has 0 fully saturated rings. The van der Waals surface area contributed by atoms with E-state index in [1.54, 1.807) is 26.2 Å². The number of hydrogen-bond donors (Lipinski definition) is 0. The summed E-state index contributed by atoms with van der Waals surface area (Å²) in [5.74, 6) is -0.477. The number of methoxy groups -OCH3 is 1. The van der Waals surface area contributed by atoms with Crippen LogP contribution in [0.5, 0.6) is 5.75 Å². The monoisotopic (exact) mass is 264 g/mol. The first-order chi connectivity index (χ1) is 8.92. The number of ether oxygens (including phenoxy) is 2. The third kappa shape index (κ3) is 3.34. The van der Waals surface area contributed by atoms with Gasteiger partial charge in [0.2, 0.25) is 0 Å². The molecule has 0 amide bonds. The average molecular weight is 264 g/mol. The lowest BCUT2D eigenvalue weighted by atomic mass is 9.95. The van der Waals surface area contributed by atoms with Gasteiger partial charge in [-0.2, -0.15) is 0 Å². The Morgan fingerprint density at radius 2 is 1.89 bits per heavy atom. The van der Waals surface area contributed by atoms with Crippen LogP contribution >= 0.6 is 0 Å². The number of benzene rings is 1. The largest absolute Gasteiger partial charge is 0.496 e. The molecule has 1 aromatic rings. The van der Waals surface area contributed by atoms with Gasteiger partial charge in [-0.3, -0.25) is 4.79 Å². The van der Waals surface area contributed by atoms with Crippen molar-refractivity contribution >= 4 is 11.8 Å². The van der Waals surface area contributed by atoms with E-state index in [1.165, 1.54) is 0 Å². The molecular weight excluding hydrogens is 244 g/mol. The number of aryl methyl sites for hydroxylation is 1. The predicted molar refractivity (Wildman–Crippen MR) is 72.8 cm³/mol. The van der Waals surface area contributed by atoms with Crippen LogP contribution in [0, 0.1) is 6.92 Å². The minimum absolute atomic E-state index is 0.191. The SMILES string of the molecule is CCOC(=O)C(=O)c1cc(C)c(OC)c(C(C)C)c1. The highest BCUT2D eigenvalue weighted by Gasteiger charge is 2.21. The van der Waals surface area contributed by atoms with Gasteiger partial charge in [-0.15, -0.1) is 0 Å². The van der Waals surface area contributed by atoms with E-state index in [4.69, 9.17) is 9.47 Å². The first-order valence-electron chi connectivity index (χ1n) is 6.32. The highest BCUT2D eigenvalue weighted by atomic mass is 16.5. The summed E-state index contributed by atoms with van der Waals surface area (Å²) in [4.78, 5) is 23.4. The van der Waals surface area contributed by atoms with Crippen LogP contribution in [0.25, 0.3) is 0 Å². The lowest BCUT2D eigenvalue weighted by molar-refractivity contribution is -0.137. The van der Waals surface area contributed by atoms with Crippen molar-refractivity contribution in [3.63, 3.8) is 0 Å². The molecule has 0 saturated carbocycles. The summed E-state index contributed by atoms with van der Waals surface area (Å²) in [5.41, 5.74) is 2.09. The number of ketones is 1. The van der Waals surface area contributed by atoms with Crippen LogP contribution in [0.15, 0.2) is 12.1 Å². The lowest BCUT2D eigenvalue weighted by Crippen LogP contribution is -2.18. The molecule has 0 N–H and O–H groups in total. The number of carbonyl (C=O) groups is 2. The molecule has 19 heavy (non-hydrogen) atoms. The molecule has 0 saturated heterocycles. The van der Waals surface area contributed by atoms with Crippen LogP contribution in [0.4, 0.5) is 0 Å². The number of rotatable bonds is 5. The lowest BCUT2D eigenvalue weighted by Gasteiger charge is -2.15. The summed E-state index contributed by atoms with van der Waals surface area (Å²) in [5, 5.41) is 0. The van der Waals surface area contributed by atoms with Crippen LogP contribution in [-0.2, 0) is 9.53 Å². The smallest absolute Gasteiger partial charge is 0.379 e. The molecule has 104 valence electrons. The number of Topliss-reactive ketones (excluding diaryl/α,β-unsaturated/α-hetero) is 1. The van der Waals surface area contributed by atoms with Gasteiger partial charge in [0.25, 0.3) is 5.78 Å². The van der Waals surface area contributed by atoms with E-state index in [-0.39, 0.29) is 12.5 Å². The second kappa shape index (κ2) is 6.36. The van der Waals surface area contributed by atoms with Crippen LogP contribution in [0.1, 0.15) is 48.2 Å². The van der Waals surface area contributed by atoms with Crippen molar-refractivity contribution < 1.29 is 19.1 Å². The summed E-state index contributed by atoms with van der Waals surface area (Å²) >= 11 is 0. The fourth-order valence-corrected chi connectivity index (χ4v) is 1.95. The zero-order valence-corrected chi connectivity index (χ0v) is 12.1. The van der Waals surface area contributed by atoms with Crippen LogP contribution in [-0.4, -0.2) is 25.5 Å². The van der Waals surface area contributed by atoms with E-state index >= 15 is 0 Å². The Kier molecular flexibility index (Phi) is 5.10. The molecule has 0 heterocycles. The molecular formula is C15H20O4. The van der Waals surface area contributed by atoms with E-state index < -0.39 is 11.8 Å². The van der Waals surface area contributed by atoms with Gasteiger partial charge < -0.3 is 9.47 Å². The number of esters is 1. The summed E-state index contributed by atoms with van der Waals surface area (Å²) in [7, 11) is 1.60. The Morgan fingerprint density at radius 1 is 1.26 bits per heavy atom. The van der Waals surface area contributed by atoms with Crippen LogP contribution in [0.3, 0.4) is 0 Å². The molecule has 0 aliphatic heterocycles. The summed E-state index contributed by atoms with van der Waals surface area (Å²) < 4.78 is 10.1. The maximum Gasteiger partial charge on any atom is 0.379 e. The normalized spacial score (nSPS) is 10.4. The average Bonchev–Trinajstić information content (AvgIpc) is 2.36. The summed E-state index contributed by atoms with van der Waals surface area (Å²) in [6.07, 6.45) is 0. The van der Waals surface area contributed by atoms with Crippen molar-refractivity contribution in [3.05, 3.63) is 28.8 Å². The Bertz CT molecular complexity index is 489. The third-order valence-corrected chi connectivity index (χ3v) is 2.85. The van der Waals surface area contributed by atoms with E-state index in [0.717, 1.165) is 16.9 Å². The highest BCUT2D eigenvalue weighted by molar-refractivity contribution is 6.40. The van der Waals surface area contributed by atoms with E-state index in [9.17, 15) is 9.59 Å². The molecule has 4 nitrogen and oxygen atoms in total. The van der Waals surface area contributed by atoms with Gasteiger partial charge in [0.1, 0.15) is 5.75 Å².